The summed E-state index contributed by atoms with van der Waals surface area (Å²) < 4.78 is 28.2. The molecule has 2 aromatic carbocycles. The van der Waals surface area contributed by atoms with Gasteiger partial charge >= 0.3 is 0 Å². The minimum Gasteiger partial charge on any atom is -0.497 e. The number of hydroxylamine groups is 2. The molecule has 3 heterocycles. The van der Waals surface area contributed by atoms with Crippen molar-refractivity contribution in [3.8, 4) is 17.0 Å². The predicted octanol–water partition coefficient (Wildman–Crippen LogP) is 3.41. The molecule has 1 aromatic heterocycles. The van der Waals surface area contributed by atoms with Crippen molar-refractivity contribution in [1.82, 2.24) is 13.8 Å². The number of methoxy groups -OCH3 is 1. The van der Waals surface area contributed by atoms with E-state index in [9.17, 15) is 14.3 Å². The molecule has 10 heteroatoms. The van der Waals surface area contributed by atoms with Crippen molar-refractivity contribution in [2.24, 2.45) is 0 Å². The second kappa shape index (κ2) is 8.54. The molecule has 0 saturated carbocycles. The number of fused-ring (bicyclic) bond motifs is 1. The first kappa shape index (κ1) is 21.5. The third kappa shape index (κ3) is 3.97. The van der Waals surface area contributed by atoms with E-state index in [0.29, 0.717) is 17.0 Å². The summed E-state index contributed by atoms with van der Waals surface area (Å²) in [5, 5.41) is 14.6. The normalized spacial score (nSPS) is 21.6. The Morgan fingerprint density at radius 1 is 1.33 bits per heavy atom. The summed E-state index contributed by atoms with van der Waals surface area (Å²) in [6, 6.07) is 10.3. The van der Waals surface area contributed by atoms with Crippen LogP contribution in [0.1, 0.15) is 23.0 Å². The number of aliphatic hydroxyl groups is 1. The Hall–Kier alpha value is -3.34. The van der Waals surface area contributed by atoms with Crippen LogP contribution in [0.5, 0.6) is 5.75 Å². The Balaban J connectivity index is 1.51. The van der Waals surface area contributed by atoms with Gasteiger partial charge in [-0.3, -0.25) is 4.79 Å². The quantitative estimate of drug-likeness (QED) is 0.384. The Bertz CT molecular complexity index is 1220. The number of halogens is 1. The molecule has 170 valence electrons. The van der Waals surface area contributed by atoms with Crippen molar-refractivity contribution in [2.45, 2.75) is 31.7 Å². The molecule has 8 nitrogen and oxygen atoms in total. The van der Waals surface area contributed by atoms with Crippen molar-refractivity contribution in [3.05, 3.63) is 71.4 Å². The Morgan fingerprint density at radius 3 is 2.85 bits per heavy atom. The fourth-order valence-electron chi connectivity index (χ4n) is 4.09. The summed E-state index contributed by atoms with van der Waals surface area (Å²) in [7, 11) is 1.53. The van der Waals surface area contributed by atoms with Crippen LogP contribution >= 0.6 is 11.7 Å². The molecule has 33 heavy (non-hydrogen) atoms. The molecule has 3 aromatic rings. The fourth-order valence-corrected chi connectivity index (χ4v) is 4.65. The number of rotatable bonds is 8. The molecule has 4 unspecified atom stereocenters. The third-order valence-electron chi connectivity index (χ3n) is 5.68. The van der Waals surface area contributed by atoms with E-state index in [-0.39, 0.29) is 41.4 Å². The number of Topliss-reactive ketones (excluding diaryl/α,β-unsaturated/α-hetero) is 1. The van der Waals surface area contributed by atoms with Gasteiger partial charge in [0.25, 0.3) is 0 Å². The summed E-state index contributed by atoms with van der Waals surface area (Å²) in [5.41, 5.74) is 1.76. The Kier molecular flexibility index (Phi) is 5.57. The van der Waals surface area contributed by atoms with Crippen LogP contribution in [0.4, 0.5) is 10.1 Å². The molecule has 1 saturated heterocycles. The Morgan fingerprint density at radius 2 is 2.15 bits per heavy atom. The van der Waals surface area contributed by atoms with Gasteiger partial charge < -0.3 is 20.0 Å². The maximum atomic E-state index is 14.4. The number of hydrogen-bond donors (Lipinski definition) is 2. The largest absolute Gasteiger partial charge is 0.497 e. The molecule has 0 bridgehead atoms. The summed E-state index contributed by atoms with van der Waals surface area (Å²) in [6.07, 6.45) is 1.95. The first-order valence-corrected chi connectivity index (χ1v) is 11.0. The predicted molar refractivity (Wildman–Crippen MR) is 120 cm³/mol. The van der Waals surface area contributed by atoms with E-state index in [2.05, 4.69) is 14.1 Å². The van der Waals surface area contributed by atoms with Crippen molar-refractivity contribution >= 4 is 23.2 Å². The number of nitrogens with one attached hydrogen (secondary N) is 1. The van der Waals surface area contributed by atoms with Gasteiger partial charge in [-0.15, -0.1) is 5.06 Å². The highest BCUT2D eigenvalue weighted by molar-refractivity contribution is 6.99. The first-order chi connectivity index (χ1) is 16.0. The third-order valence-corrected chi connectivity index (χ3v) is 6.21. The minimum absolute atomic E-state index is 0.0575. The average Bonchev–Trinajstić information content (AvgIpc) is 3.16. The second-order valence-electron chi connectivity index (χ2n) is 7.87. The molecule has 0 amide bonds. The molecular weight excluding hydrogens is 447 g/mol. The van der Waals surface area contributed by atoms with Crippen LogP contribution in [0.2, 0.25) is 0 Å². The van der Waals surface area contributed by atoms with Crippen LogP contribution in [-0.2, 0) is 11.4 Å². The highest BCUT2D eigenvalue weighted by atomic mass is 32.1. The lowest BCUT2D eigenvalue weighted by molar-refractivity contribution is -0.0166. The SMILES string of the molecule is COc1cc(CO)cc(NC(C(=O)c2nsnc2-c2ccccc2F)C2C3C=C(C)ON32)c1. The van der Waals surface area contributed by atoms with Gasteiger partial charge in [-0.1, -0.05) is 12.1 Å². The number of anilines is 1. The molecule has 4 atom stereocenters. The first-order valence-electron chi connectivity index (χ1n) is 10.3. The lowest BCUT2D eigenvalue weighted by Gasteiger charge is -2.20. The van der Waals surface area contributed by atoms with Crippen LogP contribution < -0.4 is 10.1 Å². The maximum Gasteiger partial charge on any atom is 0.208 e. The molecule has 2 N–H and O–H groups in total. The minimum atomic E-state index is -0.757. The summed E-state index contributed by atoms with van der Waals surface area (Å²) in [4.78, 5) is 19.5. The van der Waals surface area contributed by atoms with Crippen LogP contribution in [0.3, 0.4) is 0 Å². The highest BCUT2D eigenvalue weighted by Gasteiger charge is 2.59. The number of hydrogen-bond acceptors (Lipinski definition) is 9. The van der Waals surface area contributed by atoms with Gasteiger partial charge in [-0.05, 0) is 42.8 Å². The van der Waals surface area contributed by atoms with Crippen molar-refractivity contribution in [1.29, 1.82) is 0 Å². The molecule has 2 aliphatic heterocycles. The van der Waals surface area contributed by atoms with Crippen LogP contribution in [0.25, 0.3) is 11.3 Å². The monoisotopic (exact) mass is 468 g/mol. The summed E-state index contributed by atoms with van der Waals surface area (Å²) in [5.74, 6) is 0.511. The summed E-state index contributed by atoms with van der Waals surface area (Å²) in [6.45, 7) is 1.67. The molecular formula is C23H21FN4O4S. The fraction of sp³-hybridized carbons (Fsp3) is 0.261. The van der Waals surface area contributed by atoms with E-state index < -0.39 is 11.9 Å². The highest BCUT2D eigenvalue weighted by Crippen LogP contribution is 2.42. The number of aliphatic hydroxyl groups excluding tert-OH is 1. The Labute approximate surface area is 193 Å². The van der Waals surface area contributed by atoms with Gasteiger partial charge in [-0.25, -0.2) is 4.39 Å². The zero-order chi connectivity index (χ0) is 23.1. The number of carbonyl (C=O) groups excluding carboxylic acids is 1. The van der Waals surface area contributed by atoms with E-state index in [0.717, 1.165) is 17.5 Å². The molecule has 2 aliphatic rings. The molecule has 1 fully saturated rings. The van der Waals surface area contributed by atoms with Gasteiger partial charge in [0.1, 0.15) is 29.1 Å². The van der Waals surface area contributed by atoms with E-state index in [4.69, 9.17) is 9.57 Å². The number of aromatic nitrogens is 2. The lowest BCUT2D eigenvalue weighted by Crippen LogP contribution is -2.38. The zero-order valence-corrected chi connectivity index (χ0v) is 18.7. The van der Waals surface area contributed by atoms with Crippen LogP contribution in [-0.4, -0.2) is 49.9 Å². The number of allylic oxidation sites excluding steroid dienone is 1. The molecule has 0 spiro atoms. The zero-order valence-electron chi connectivity index (χ0n) is 17.9. The molecule has 0 radical (unpaired) electrons. The van der Waals surface area contributed by atoms with E-state index in [1.54, 1.807) is 41.5 Å². The number of ether oxygens (including phenoxy) is 1. The van der Waals surface area contributed by atoms with E-state index >= 15 is 0 Å². The van der Waals surface area contributed by atoms with E-state index in [1.807, 2.05) is 13.0 Å². The average molecular weight is 469 g/mol. The number of benzene rings is 2. The summed E-state index contributed by atoms with van der Waals surface area (Å²) >= 11 is 0.863. The number of ketones is 1. The van der Waals surface area contributed by atoms with Crippen LogP contribution in [0, 0.1) is 5.82 Å². The standard InChI is InChI=1S/C23H21FN4O4S/c1-12-7-18-22(28(18)32-12)21(25-14-8-13(11-29)9-15(10-14)31-2)23(30)20-19(26-33-27-20)16-5-3-4-6-17(16)24/h3-10,18,21-22,25,29H,11H2,1-2H3. The second-order valence-corrected chi connectivity index (χ2v) is 8.39. The van der Waals surface area contributed by atoms with Crippen LogP contribution in [0.15, 0.2) is 54.3 Å². The molecule has 0 aliphatic carbocycles. The lowest BCUT2D eigenvalue weighted by atomic mass is 9.99. The van der Waals surface area contributed by atoms with Gasteiger partial charge in [0.2, 0.25) is 5.78 Å². The van der Waals surface area contributed by atoms with Gasteiger partial charge in [-0.2, -0.15) is 8.75 Å². The number of nitrogens with zero attached hydrogens (tertiary/aromatic N) is 3. The van der Waals surface area contributed by atoms with Crippen molar-refractivity contribution in [2.75, 3.05) is 12.4 Å². The maximum absolute atomic E-state index is 14.4. The van der Waals surface area contributed by atoms with Gasteiger partial charge in [0, 0.05) is 17.3 Å². The van der Waals surface area contributed by atoms with Gasteiger partial charge in [0.05, 0.1) is 37.5 Å². The van der Waals surface area contributed by atoms with Crippen molar-refractivity contribution in [3.63, 3.8) is 0 Å². The van der Waals surface area contributed by atoms with E-state index in [1.165, 1.54) is 13.2 Å². The topological polar surface area (TPSA) is 96.6 Å². The van der Waals surface area contributed by atoms with Gasteiger partial charge in [0.15, 0.2) is 5.69 Å². The van der Waals surface area contributed by atoms with Crippen molar-refractivity contribution < 1.29 is 23.9 Å². The smallest absolute Gasteiger partial charge is 0.208 e. The number of carbonyl (C=O) groups is 1. The molecule has 5 rings (SSSR count).